The van der Waals surface area contributed by atoms with Gasteiger partial charge in [0.25, 0.3) is 0 Å². The second kappa shape index (κ2) is 17.2. The van der Waals surface area contributed by atoms with E-state index in [0.29, 0.717) is 16.2 Å². The molecule has 0 amide bonds. The Morgan fingerprint density at radius 3 is 1.76 bits per heavy atom. The zero-order valence-electron chi connectivity index (χ0n) is 27.0. The van der Waals surface area contributed by atoms with Gasteiger partial charge in [-0.3, -0.25) is 0 Å². The second-order valence-electron chi connectivity index (χ2n) is 11.5. The van der Waals surface area contributed by atoms with Crippen molar-refractivity contribution in [2.45, 2.75) is 44.6 Å². The minimum absolute atomic E-state index is 0.376. The summed E-state index contributed by atoms with van der Waals surface area (Å²) < 4.78 is 8.34. The molecule has 0 atom stereocenters. The Kier molecular flexibility index (Phi) is 12.2. The van der Waals surface area contributed by atoms with Gasteiger partial charge in [-0.15, -0.1) is 0 Å². The number of imidazole rings is 1. The minimum Gasteiger partial charge on any atom is -0.494 e. The van der Waals surface area contributed by atoms with Crippen LogP contribution in [0.5, 0.6) is 5.75 Å². The van der Waals surface area contributed by atoms with Crippen LogP contribution in [0.1, 0.15) is 43.7 Å². The lowest BCUT2D eigenvalue weighted by molar-refractivity contribution is 0.305. The van der Waals surface area contributed by atoms with Crippen LogP contribution in [0.25, 0.3) is 0 Å². The highest BCUT2D eigenvalue weighted by molar-refractivity contribution is 6.84. The van der Waals surface area contributed by atoms with Crippen molar-refractivity contribution in [2.24, 2.45) is 0 Å². The van der Waals surface area contributed by atoms with Gasteiger partial charge in [0.1, 0.15) is 15.3 Å². The Balaban J connectivity index is 0.000000247. The molecule has 0 bridgehead atoms. The van der Waals surface area contributed by atoms with E-state index in [2.05, 4.69) is 175 Å². The van der Waals surface area contributed by atoms with Gasteiger partial charge in [0, 0.05) is 12.4 Å². The molecule has 0 aliphatic rings. The minimum atomic E-state index is -0.376. The molecule has 2 radical (unpaired) electrons. The molecule has 0 spiro atoms. The Morgan fingerprint density at radius 2 is 1.24 bits per heavy atom. The van der Waals surface area contributed by atoms with Gasteiger partial charge in [-0.2, -0.15) is 0 Å². The molecule has 6 aromatic rings. The number of unbranched alkanes of at least 4 members (excludes halogenated alkanes) is 3. The van der Waals surface area contributed by atoms with Gasteiger partial charge in [0.15, 0.2) is 0 Å². The quantitative estimate of drug-likeness (QED) is 0.0988. The summed E-state index contributed by atoms with van der Waals surface area (Å²) in [6.45, 7) is 5.73. The van der Waals surface area contributed by atoms with E-state index >= 15 is 0 Å². The van der Waals surface area contributed by atoms with E-state index in [-0.39, 0.29) is 5.16 Å². The molecular formula is C41H43BN2OSi. The molecule has 0 aliphatic heterocycles. The number of hydrogen-bond acceptors (Lipinski definition) is 2. The molecule has 1 aromatic heterocycles. The van der Waals surface area contributed by atoms with Gasteiger partial charge >= 0.3 is 0 Å². The fraction of sp³-hybridized carbons (Fsp3) is 0.195. The molecule has 5 aromatic carbocycles. The van der Waals surface area contributed by atoms with E-state index in [1.54, 1.807) is 0 Å². The van der Waals surface area contributed by atoms with Gasteiger partial charge in [0.2, 0.25) is 6.71 Å². The van der Waals surface area contributed by atoms with E-state index in [1.165, 1.54) is 46.5 Å². The van der Waals surface area contributed by atoms with Crippen LogP contribution < -0.4 is 20.8 Å². The van der Waals surface area contributed by atoms with Crippen LogP contribution in [0.2, 0.25) is 6.82 Å². The number of benzene rings is 5. The highest BCUT2D eigenvalue weighted by Crippen LogP contribution is 2.33. The number of rotatable bonds is 13. The van der Waals surface area contributed by atoms with Crippen molar-refractivity contribution in [1.82, 2.24) is 9.55 Å². The van der Waals surface area contributed by atoms with Crippen LogP contribution in [0.15, 0.2) is 164 Å². The van der Waals surface area contributed by atoms with Crippen LogP contribution in [0.3, 0.4) is 0 Å². The van der Waals surface area contributed by atoms with Crippen LogP contribution in [0, 0.1) is 0 Å². The summed E-state index contributed by atoms with van der Waals surface area (Å²) in [5.41, 5.74) is 5.24. The Bertz CT molecular complexity index is 1600. The molecule has 46 heavy (non-hydrogen) atoms. The maximum absolute atomic E-state index is 6.10. The first-order chi connectivity index (χ1) is 22.7. The molecule has 1 heterocycles. The number of nitrogens with zero attached hydrogens (tertiary/aromatic N) is 2. The first-order valence-corrected chi connectivity index (χ1v) is 17.4. The third-order valence-corrected chi connectivity index (χ3v) is 10.1. The predicted molar refractivity (Wildman–Crippen MR) is 197 cm³/mol. The predicted octanol–water partition coefficient (Wildman–Crippen LogP) is 7.55. The summed E-state index contributed by atoms with van der Waals surface area (Å²) in [6, 6.07) is 51.3. The molecule has 5 heteroatoms. The zero-order chi connectivity index (χ0) is 31.9. The van der Waals surface area contributed by atoms with E-state index in [4.69, 9.17) is 4.74 Å². The molecule has 230 valence electrons. The highest BCUT2D eigenvalue weighted by Gasteiger charge is 2.37. The zero-order valence-corrected chi connectivity index (χ0v) is 28.0. The Hall–Kier alpha value is -4.61. The maximum atomic E-state index is 6.10. The van der Waals surface area contributed by atoms with E-state index in [0.717, 1.165) is 18.8 Å². The summed E-state index contributed by atoms with van der Waals surface area (Å²) >= 11 is 0. The first-order valence-electron chi connectivity index (χ1n) is 16.4. The number of aromatic nitrogens is 2. The molecule has 0 unspecified atom stereocenters. The van der Waals surface area contributed by atoms with Gasteiger partial charge in [-0.25, -0.2) is 4.98 Å². The first kappa shape index (κ1) is 32.8. The van der Waals surface area contributed by atoms with Crippen molar-refractivity contribution in [2.75, 3.05) is 6.61 Å². The molecule has 0 saturated carbocycles. The van der Waals surface area contributed by atoms with Crippen LogP contribution in [-0.4, -0.2) is 32.4 Å². The third kappa shape index (κ3) is 8.55. The Morgan fingerprint density at radius 1 is 0.674 bits per heavy atom. The SMILES string of the molecule is CB(c1ccccc1)c1ccccc1.CCCCCCOc1cccc([Si]C(c2ccccc2)(c2ccccc2)n2ccnc2)c1. The van der Waals surface area contributed by atoms with Gasteiger partial charge < -0.3 is 9.30 Å². The summed E-state index contributed by atoms with van der Waals surface area (Å²) in [4.78, 5) is 4.41. The molecule has 0 N–H and O–H groups in total. The number of ether oxygens (including phenoxy) is 1. The van der Waals surface area contributed by atoms with Crippen molar-refractivity contribution >= 4 is 32.3 Å². The van der Waals surface area contributed by atoms with Gasteiger partial charge in [0.05, 0.1) is 18.1 Å². The van der Waals surface area contributed by atoms with Crippen LogP contribution >= 0.6 is 0 Å². The molecule has 0 fully saturated rings. The van der Waals surface area contributed by atoms with Crippen molar-refractivity contribution in [1.29, 1.82) is 0 Å². The van der Waals surface area contributed by atoms with Crippen molar-refractivity contribution in [3.63, 3.8) is 0 Å². The monoisotopic (exact) mass is 618 g/mol. The fourth-order valence-electron chi connectivity index (χ4n) is 5.76. The largest absolute Gasteiger partial charge is 0.494 e. The molecule has 6 rings (SSSR count). The molecule has 0 saturated heterocycles. The number of hydrogen-bond donors (Lipinski definition) is 0. The fourth-order valence-corrected chi connectivity index (χ4v) is 7.45. The van der Waals surface area contributed by atoms with Crippen LogP contribution in [0.4, 0.5) is 0 Å². The normalized spacial score (nSPS) is 10.9. The lowest BCUT2D eigenvalue weighted by Crippen LogP contribution is -2.46. The lowest BCUT2D eigenvalue weighted by Gasteiger charge is -2.36. The highest BCUT2D eigenvalue weighted by atomic mass is 28.2. The lowest BCUT2D eigenvalue weighted by atomic mass is 9.43. The van der Waals surface area contributed by atoms with E-state index in [1.807, 2.05) is 12.5 Å². The van der Waals surface area contributed by atoms with Crippen molar-refractivity contribution in [3.05, 3.63) is 175 Å². The summed E-state index contributed by atoms with van der Waals surface area (Å²) in [6.07, 6.45) is 10.7. The summed E-state index contributed by atoms with van der Waals surface area (Å²) in [5.74, 6) is 0.951. The van der Waals surface area contributed by atoms with Gasteiger partial charge in [-0.1, -0.05) is 183 Å². The van der Waals surface area contributed by atoms with Gasteiger partial charge in [-0.05, 0) is 29.7 Å². The van der Waals surface area contributed by atoms with E-state index in [9.17, 15) is 0 Å². The average Bonchev–Trinajstić information content (AvgIpc) is 3.68. The second-order valence-corrected chi connectivity index (χ2v) is 13.1. The summed E-state index contributed by atoms with van der Waals surface area (Å²) in [7, 11) is 0.460. The van der Waals surface area contributed by atoms with Crippen LogP contribution in [-0.2, 0) is 5.16 Å². The Labute approximate surface area is 278 Å². The van der Waals surface area contributed by atoms with E-state index < -0.39 is 0 Å². The molecule has 3 nitrogen and oxygen atoms in total. The standard InChI is InChI=1S/C28H30N2OSi.C13H13B/c1-2-3-4-11-21-31-26-17-12-18-27(22-26)32-28(30-20-19-29-23-30,24-13-7-5-8-14-24)25-15-9-6-10-16-25;1-14(12-8-4-2-5-9-12)13-10-6-3-7-11-13/h5-10,12-20,22-23H,2-4,11,21H2,1H3;2-11H,1H3. The summed E-state index contributed by atoms with van der Waals surface area (Å²) in [5, 5.41) is 0.885. The third-order valence-electron chi connectivity index (χ3n) is 8.30. The molecular weight excluding hydrogens is 575 g/mol. The maximum Gasteiger partial charge on any atom is 0.206 e. The topological polar surface area (TPSA) is 27.1 Å². The smallest absolute Gasteiger partial charge is 0.206 e. The van der Waals surface area contributed by atoms with Crippen molar-refractivity contribution in [3.8, 4) is 5.75 Å². The van der Waals surface area contributed by atoms with Crippen molar-refractivity contribution < 1.29 is 4.74 Å². The average molecular weight is 619 g/mol. The molecule has 0 aliphatic carbocycles.